The zero-order valence-electron chi connectivity index (χ0n) is 24.3. The molecular formula is C34H35ClN2O4S. The lowest BCUT2D eigenvalue weighted by molar-refractivity contribution is -0.149. The Morgan fingerprint density at radius 3 is 2.55 bits per heavy atom. The van der Waals surface area contributed by atoms with Gasteiger partial charge in [-0.1, -0.05) is 68.8 Å². The third-order valence-corrected chi connectivity index (χ3v) is 8.37. The largest absolute Gasteiger partial charge is 0.487 e. The van der Waals surface area contributed by atoms with Crippen LogP contribution in [0.5, 0.6) is 5.75 Å². The molecule has 0 saturated carbocycles. The van der Waals surface area contributed by atoms with Gasteiger partial charge in [0.25, 0.3) is 0 Å². The fourth-order valence-electron chi connectivity index (χ4n) is 4.82. The molecule has 5 rings (SSSR count). The number of fused-ring (bicyclic) bond motifs is 2. The van der Waals surface area contributed by atoms with Crippen molar-refractivity contribution in [2.45, 2.75) is 63.0 Å². The van der Waals surface area contributed by atoms with Crippen molar-refractivity contribution in [1.82, 2.24) is 9.55 Å². The van der Waals surface area contributed by atoms with E-state index in [0.29, 0.717) is 31.2 Å². The van der Waals surface area contributed by atoms with E-state index in [-0.39, 0.29) is 4.75 Å². The summed E-state index contributed by atoms with van der Waals surface area (Å²) in [6, 6.07) is 26.2. The minimum atomic E-state index is -0.969. The lowest BCUT2D eigenvalue weighted by Crippen LogP contribution is -2.21. The van der Waals surface area contributed by atoms with Gasteiger partial charge in [-0.05, 0) is 55.0 Å². The molecule has 0 amide bonds. The van der Waals surface area contributed by atoms with Crippen LogP contribution in [0.15, 0.2) is 83.8 Å². The van der Waals surface area contributed by atoms with Crippen molar-refractivity contribution in [2.75, 3.05) is 6.61 Å². The number of pyridine rings is 1. The van der Waals surface area contributed by atoms with Gasteiger partial charge in [0.05, 0.1) is 17.8 Å². The molecule has 1 N–H and O–H groups in total. The number of ether oxygens (including phenoxy) is 2. The van der Waals surface area contributed by atoms with Crippen molar-refractivity contribution < 1.29 is 19.4 Å². The maximum atomic E-state index is 11.4. The lowest BCUT2D eigenvalue weighted by Gasteiger charge is -2.20. The molecule has 0 fully saturated rings. The molecule has 2 heterocycles. The topological polar surface area (TPSA) is 73.6 Å². The highest BCUT2D eigenvalue weighted by Gasteiger charge is 2.24. The van der Waals surface area contributed by atoms with Gasteiger partial charge in [-0.2, -0.15) is 0 Å². The van der Waals surface area contributed by atoms with E-state index in [0.717, 1.165) is 49.4 Å². The summed E-state index contributed by atoms with van der Waals surface area (Å²) in [4.78, 5) is 17.3. The molecule has 2 aromatic heterocycles. The van der Waals surface area contributed by atoms with Crippen molar-refractivity contribution in [2.24, 2.45) is 0 Å². The van der Waals surface area contributed by atoms with Crippen LogP contribution in [0, 0.1) is 0 Å². The highest BCUT2D eigenvalue weighted by atomic mass is 35.5. The summed E-state index contributed by atoms with van der Waals surface area (Å²) < 4.78 is 14.2. The van der Waals surface area contributed by atoms with Crippen molar-refractivity contribution in [3.63, 3.8) is 0 Å². The van der Waals surface area contributed by atoms with Gasteiger partial charge in [0.2, 0.25) is 0 Å². The number of aromatic nitrogens is 2. The average Bonchev–Trinajstić information content (AvgIpc) is 3.22. The van der Waals surface area contributed by atoms with E-state index < -0.39 is 12.1 Å². The number of carboxylic acids is 1. The first-order chi connectivity index (χ1) is 20.1. The summed E-state index contributed by atoms with van der Waals surface area (Å²) in [5.74, 6) is -0.206. The molecule has 8 heteroatoms. The van der Waals surface area contributed by atoms with Gasteiger partial charge in [0, 0.05) is 49.6 Å². The van der Waals surface area contributed by atoms with Gasteiger partial charge in [-0.3, -0.25) is 0 Å². The molecule has 3 aromatic carbocycles. The molecule has 0 saturated heterocycles. The molecule has 218 valence electrons. The second kappa shape index (κ2) is 12.8. The number of benzene rings is 3. The minimum Gasteiger partial charge on any atom is -0.487 e. The Kier molecular flexibility index (Phi) is 9.11. The highest BCUT2D eigenvalue weighted by molar-refractivity contribution is 8.00. The van der Waals surface area contributed by atoms with Gasteiger partial charge in [-0.15, -0.1) is 11.8 Å². The van der Waals surface area contributed by atoms with Crippen LogP contribution in [0.25, 0.3) is 21.8 Å². The minimum absolute atomic E-state index is 0.0603. The van der Waals surface area contributed by atoms with Crippen LogP contribution in [0.1, 0.15) is 44.6 Å². The van der Waals surface area contributed by atoms with E-state index in [4.69, 9.17) is 26.1 Å². The molecule has 0 aliphatic carbocycles. The third-order valence-electron chi connectivity index (χ3n) is 6.85. The fraction of sp³-hybridized carbons (Fsp3) is 0.294. The Bertz CT molecular complexity index is 1710. The molecule has 42 heavy (non-hydrogen) atoms. The van der Waals surface area contributed by atoms with Crippen LogP contribution < -0.4 is 4.74 Å². The number of hydrogen-bond acceptors (Lipinski definition) is 5. The molecule has 0 aliphatic heterocycles. The normalized spacial score (nSPS) is 12.6. The Hall–Kier alpha value is -3.52. The molecule has 6 nitrogen and oxygen atoms in total. The number of thioether (sulfide) groups is 1. The summed E-state index contributed by atoms with van der Waals surface area (Å²) in [6.07, 6.45) is -0.309. The first-order valence-electron chi connectivity index (χ1n) is 14.0. The standard InChI is InChI=1S/C34H35ClN2O4S/c1-22(33(38)39)40-18-17-31-32(42-34(2,3)4)28-19-27(41-21-26-14-11-24-7-5-6-8-29(24)36-26)15-16-30(28)37(31)20-23-9-12-25(35)13-10-23/h5-16,19,22H,17-18,20-21H2,1-4H3,(H,38,39). The molecular weight excluding hydrogens is 568 g/mol. The van der Waals surface area contributed by atoms with Crippen molar-refractivity contribution in [1.29, 1.82) is 0 Å². The van der Waals surface area contributed by atoms with Crippen LogP contribution >= 0.6 is 23.4 Å². The van der Waals surface area contributed by atoms with E-state index in [9.17, 15) is 9.90 Å². The summed E-state index contributed by atoms with van der Waals surface area (Å²) >= 11 is 7.97. The number of carboxylic acid groups (broad SMARTS) is 1. The van der Waals surface area contributed by atoms with E-state index in [1.165, 1.54) is 0 Å². The van der Waals surface area contributed by atoms with Crippen molar-refractivity contribution in [3.05, 3.63) is 101 Å². The summed E-state index contributed by atoms with van der Waals surface area (Å²) in [6.45, 7) is 9.43. The Balaban J connectivity index is 1.52. The number of rotatable bonds is 11. The Morgan fingerprint density at radius 2 is 1.81 bits per heavy atom. The smallest absolute Gasteiger partial charge is 0.332 e. The zero-order valence-corrected chi connectivity index (χ0v) is 25.8. The van der Waals surface area contributed by atoms with Crippen molar-refractivity contribution >= 4 is 51.1 Å². The van der Waals surface area contributed by atoms with E-state index >= 15 is 0 Å². The first-order valence-corrected chi connectivity index (χ1v) is 15.2. The SMILES string of the molecule is CC(OCCc1c(SC(C)(C)C)c2cc(OCc3ccc4ccccc4n3)ccc2n1Cc1ccc(Cl)cc1)C(=O)O. The molecule has 0 aliphatic rings. The van der Waals surface area contributed by atoms with Gasteiger partial charge in [-0.25, -0.2) is 9.78 Å². The van der Waals surface area contributed by atoms with Crippen LogP contribution in [-0.2, 0) is 29.1 Å². The number of nitrogens with zero attached hydrogens (tertiary/aromatic N) is 2. The number of para-hydroxylation sites is 1. The maximum Gasteiger partial charge on any atom is 0.332 e. The molecule has 1 unspecified atom stereocenters. The van der Waals surface area contributed by atoms with Crippen LogP contribution in [0.2, 0.25) is 5.02 Å². The summed E-state index contributed by atoms with van der Waals surface area (Å²) in [7, 11) is 0. The number of aliphatic carboxylic acids is 1. The predicted molar refractivity (Wildman–Crippen MR) is 171 cm³/mol. The Labute approximate surface area is 255 Å². The fourth-order valence-corrected chi connectivity index (χ4v) is 6.16. The van der Waals surface area contributed by atoms with Crippen LogP contribution in [0.4, 0.5) is 0 Å². The van der Waals surface area contributed by atoms with Crippen LogP contribution in [0.3, 0.4) is 0 Å². The lowest BCUT2D eigenvalue weighted by atomic mass is 10.2. The molecule has 0 bridgehead atoms. The van der Waals surface area contributed by atoms with E-state index in [2.05, 4.69) is 49.6 Å². The zero-order chi connectivity index (χ0) is 29.9. The van der Waals surface area contributed by atoms with E-state index in [1.54, 1.807) is 18.7 Å². The number of hydrogen-bond donors (Lipinski definition) is 1. The van der Waals surface area contributed by atoms with Gasteiger partial charge in [0.1, 0.15) is 12.4 Å². The third kappa shape index (κ3) is 7.27. The number of carbonyl (C=O) groups is 1. The summed E-state index contributed by atoms with van der Waals surface area (Å²) in [5.41, 5.74) is 5.11. The van der Waals surface area contributed by atoms with Crippen LogP contribution in [-0.4, -0.2) is 38.1 Å². The predicted octanol–water partition coefficient (Wildman–Crippen LogP) is 8.39. The Morgan fingerprint density at radius 1 is 1.05 bits per heavy atom. The second-order valence-corrected chi connectivity index (χ2v) is 13.5. The monoisotopic (exact) mass is 602 g/mol. The molecule has 0 spiro atoms. The summed E-state index contributed by atoms with van der Waals surface area (Å²) in [5, 5.41) is 12.2. The van der Waals surface area contributed by atoms with Crippen molar-refractivity contribution in [3.8, 4) is 5.75 Å². The van der Waals surface area contributed by atoms with Gasteiger partial charge >= 0.3 is 5.97 Å². The number of halogens is 1. The van der Waals surface area contributed by atoms with E-state index in [1.807, 2.05) is 54.6 Å². The molecule has 1 atom stereocenters. The van der Waals surface area contributed by atoms with Gasteiger partial charge in [0.15, 0.2) is 6.10 Å². The maximum absolute atomic E-state index is 11.4. The van der Waals surface area contributed by atoms with Gasteiger partial charge < -0.3 is 19.1 Å². The molecule has 5 aromatic rings. The first kappa shape index (κ1) is 30.0. The molecule has 0 radical (unpaired) electrons. The quantitative estimate of drug-likeness (QED) is 0.153. The second-order valence-electron chi connectivity index (χ2n) is 11.3. The highest BCUT2D eigenvalue weighted by Crippen LogP contribution is 2.42. The average molecular weight is 603 g/mol.